The van der Waals surface area contributed by atoms with Gasteiger partial charge in [-0.3, -0.25) is 4.79 Å². The quantitative estimate of drug-likeness (QED) is 0.399. The average Bonchev–Trinajstić information content (AvgIpc) is 3.17. The zero-order valence-corrected chi connectivity index (χ0v) is 17.3. The summed E-state index contributed by atoms with van der Waals surface area (Å²) in [6.07, 6.45) is 0. The fraction of sp³-hybridized carbons (Fsp3) is 0.238. The highest BCUT2D eigenvalue weighted by Crippen LogP contribution is 2.26. The van der Waals surface area contributed by atoms with Gasteiger partial charge in [-0.1, -0.05) is 35.5 Å². The maximum atomic E-state index is 13.7. The number of hydrogen-bond donors (Lipinski definition) is 0. The van der Waals surface area contributed by atoms with Crippen LogP contribution < -0.4 is 0 Å². The number of thioether (sulfide) groups is 1. The van der Waals surface area contributed by atoms with Crippen molar-refractivity contribution in [3.05, 3.63) is 77.2 Å². The summed E-state index contributed by atoms with van der Waals surface area (Å²) < 4.78 is 24.0. The number of aryl methyl sites for hydroxylation is 1. The van der Waals surface area contributed by atoms with Crippen molar-refractivity contribution in [2.24, 2.45) is 0 Å². The monoisotopic (exact) mass is 429 g/mol. The highest BCUT2D eigenvalue weighted by atomic mass is 32.2. The molecule has 0 saturated heterocycles. The van der Waals surface area contributed by atoms with Gasteiger partial charge < -0.3 is 14.2 Å². The Kier molecular flexibility index (Phi) is 7.18. The molecule has 1 amide bonds. The Labute approximate surface area is 177 Å². The van der Waals surface area contributed by atoms with Crippen molar-refractivity contribution in [1.29, 1.82) is 0 Å². The molecule has 3 rings (SSSR count). The molecule has 0 N–H and O–H groups in total. The van der Waals surface area contributed by atoms with Crippen LogP contribution in [0.3, 0.4) is 0 Å². The molecule has 156 valence electrons. The first-order chi connectivity index (χ1) is 14.4. The second-order valence-corrected chi connectivity index (χ2v) is 7.45. The maximum absolute atomic E-state index is 13.7. The number of carbonyl (C=O) groups is 2. The van der Waals surface area contributed by atoms with E-state index < -0.39 is 24.3 Å². The minimum absolute atomic E-state index is 0.0824. The number of benzene rings is 2. The van der Waals surface area contributed by atoms with E-state index >= 15 is 0 Å². The molecule has 2 aromatic carbocycles. The number of esters is 1. The fourth-order valence-corrected chi connectivity index (χ4v) is 3.46. The van der Waals surface area contributed by atoms with E-state index in [-0.39, 0.29) is 6.54 Å². The van der Waals surface area contributed by atoms with Crippen LogP contribution in [0.15, 0.2) is 57.9 Å². The van der Waals surface area contributed by atoms with Crippen molar-refractivity contribution in [2.45, 2.75) is 24.1 Å². The minimum Gasteiger partial charge on any atom is -0.452 e. The molecule has 0 spiro atoms. The van der Waals surface area contributed by atoms with Gasteiger partial charge in [0.25, 0.3) is 5.91 Å². The Morgan fingerprint density at radius 3 is 2.63 bits per heavy atom. The third-order valence-corrected chi connectivity index (χ3v) is 5.20. The number of nitrogens with zero attached hydrogens (tertiary/aromatic N) is 3. The van der Waals surface area contributed by atoms with Crippen LogP contribution in [0.5, 0.6) is 0 Å². The van der Waals surface area contributed by atoms with Crippen LogP contribution >= 0.6 is 11.8 Å². The van der Waals surface area contributed by atoms with Gasteiger partial charge in [0.2, 0.25) is 5.89 Å². The smallest absolute Gasteiger partial charge is 0.339 e. The molecule has 0 bridgehead atoms. The Morgan fingerprint density at radius 2 is 1.90 bits per heavy atom. The van der Waals surface area contributed by atoms with Gasteiger partial charge in [-0.05, 0) is 25.1 Å². The van der Waals surface area contributed by atoms with Gasteiger partial charge in [0, 0.05) is 24.1 Å². The minimum atomic E-state index is -0.618. The molecule has 3 aromatic rings. The third kappa shape index (κ3) is 5.66. The Bertz CT molecular complexity index is 1040. The van der Waals surface area contributed by atoms with Crippen LogP contribution in [0.1, 0.15) is 27.6 Å². The second kappa shape index (κ2) is 10.0. The van der Waals surface area contributed by atoms with E-state index in [1.54, 1.807) is 49.4 Å². The van der Waals surface area contributed by atoms with Gasteiger partial charge in [-0.2, -0.15) is 4.98 Å². The number of likely N-dealkylation sites (N-methyl/N-ethyl adjacent to an activating group) is 1. The molecule has 0 aliphatic heterocycles. The van der Waals surface area contributed by atoms with Crippen LogP contribution in [0.2, 0.25) is 0 Å². The van der Waals surface area contributed by atoms with Crippen LogP contribution in [0, 0.1) is 12.7 Å². The number of hydrogen-bond acceptors (Lipinski definition) is 7. The molecule has 0 unspecified atom stereocenters. The summed E-state index contributed by atoms with van der Waals surface area (Å²) in [6.45, 7) is 1.37. The van der Waals surface area contributed by atoms with Crippen LogP contribution in [0.25, 0.3) is 0 Å². The molecule has 1 aromatic heterocycles. The molecular weight excluding hydrogens is 409 g/mol. The Balaban J connectivity index is 1.56. The van der Waals surface area contributed by atoms with Gasteiger partial charge in [-0.25, -0.2) is 9.18 Å². The maximum Gasteiger partial charge on any atom is 0.339 e. The zero-order valence-electron chi connectivity index (χ0n) is 16.5. The highest BCUT2D eigenvalue weighted by molar-refractivity contribution is 7.98. The summed E-state index contributed by atoms with van der Waals surface area (Å²) in [6, 6.07) is 13.1. The SMILES string of the molecule is Cc1noc(CSc2ccccc2C(=O)OCC(=O)N(C)Cc2ccccc2F)n1. The van der Waals surface area contributed by atoms with Gasteiger partial charge in [0.15, 0.2) is 12.4 Å². The zero-order chi connectivity index (χ0) is 21.5. The molecule has 0 aliphatic rings. The molecule has 0 fully saturated rings. The predicted octanol–water partition coefficient (Wildman–Crippen LogP) is 3.62. The molecule has 9 heteroatoms. The van der Waals surface area contributed by atoms with E-state index in [2.05, 4.69) is 10.1 Å². The van der Waals surface area contributed by atoms with Gasteiger partial charge >= 0.3 is 5.97 Å². The number of ether oxygens (including phenoxy) is 1. The summed E-state index contributed by atoms with van der Waals surface area (Å²) in [4.78, 5) is 30.9. The molecule has 0 aliphatic carbocycles. The first-order valence-corrected chi connectivity index (χ1v) is 10.1. The Hall–Kier alpha value is -3.20. The molecule has 0 atom stereocenters. The van der Waals surface area contributed by atoms with Gasteiger partial charge in [0.1, 0.15) is 5.82 Å². The van der Waals surface area contributed by atoms with Crippen LogP contribution in [-0.4, -0.2) is 40.6 Å². The van der Waals surface area contributed by atoms with Crippen molar-refractivity contribution in [2.75, 3.05) is 13.7 Å². The number of amides is 1. The van der Waals surface area contributed by atoms with Crippen LogP contribution in [-0.2, 0) is 21.8 Å². The lowest BCUT2D eigenvalue weighted by molar-refractivity contribution is -0.133. The topological polar surface area (TPSA) is 85.5 Å². The van der Waals surface area contributed by atoms with Crippen molar-refractivity contribution >= 4 is 23.6 Å². The first-order valence-electron chi connectivity index (χ1n) is 9.09. The van der Waals surface area contributed by atoms with Gasteiger partial charge in [-0.15, -0.1) is 11.8 Å². The van der Waals surface area contributed by atoms with Crippen molar-refractivity contribution < 1.29 is 23.2 Å². The highest BCUT2D eigenvalue weighted by Gasteiger charge is 2.18. The molecule has 0 radical (unpaired) electrons. The third-order valence-electron chi connectivity index (χ3n) is 4.15. The molecule has 30 heavy (non-hydrogen) atoms. The fourth-order valence-electron chi connectivity index (χ4n) is 2.58. The summed E-state index contributed by atoms with van der Waals surface area (Å²) in [5.74, 6) is -0.0564. The Morgan fingerprint density at radius 1 is 1.17 bits per heavy atom. The number of aromatic nitrogens is 2. The van der Waals surface area contributed by atoms with E-state index in [1.165, 1.54) is 29.8 Å². The summed E-state index contributed by atoms with van der Waals surface area (Å²) in [5, 5.41) is 3.73. The molecule has 0 saturated carbocycles. The summed E-state index contributed by atoms with van der Waals surface area (Å²) in [7, 11) is 1.53. The number of halogens is 1. The molecule has 1 heterocycles. The standard InChI is InChI=1S/C21H20FN3O4S/c1-14-23-19(29-24-14)13-30-18-10-6-4-8-16(18)21(27)28-12-20(26)25(2)11-15-7-3-5-9-17(15)22/h3-10H,11-13H2,1-2H3. The first kappa shape index (κ1) is 21.5. The van der Waals surface area contributed by atoms with Crippen molar-refractivity contribution in [1.82, 2.24) is 15.0 Å². The van der Waals surface area contributed by atoms with E-state index in [9.17, 15) is 14.0 Å². The van der Waals surface area contributed by atoms with E-state index in [0.29, 0.717) is 33.5 Å². The van der Waals surface area contributed by atoms with E-state index in [0.717, 1.165) is 0 Å². The van der Waals surface area contributed by atoms with E-state index in [4.69, 9.17) is 9.26 Å². The lowest BCUT2D eigenvalue weighted by Gasteiger charge is -2.17. The molecular formula is C21H20FN3O4S. The molecule has 7 nitrogen and oxygen atoms in total. The lowest BCUT2D eigenvalue weighted by atomic mass is 10.2. The average molecular weight is 429 g/mol. The predicted molar refractivity (Wildman–Crippen MR) is 108 cm³/mol. The van der Waals surface area contributed by atoms with Crippen molar-refractivity contribution in [3.63, 3.8) is 0 Å². The van der Waals surface area contributed by atoms with Gasteiger partial charge in [0.05, 0.1) is 11.3 Å². The normalized spacial score (nSPS) is 10.6. The lowest BCUT2D eigenvalue weighted by Crippen LogP contribution is -2.31. The number of carbonyl (C=O) groups excluding carboxylic acids is 2. The summed E-state index contributed by atoms with van der Waals surface area (Å²) in [5.41, 5.74) is 0.723. The number of rotatable bonds is 8. The summed E-state index contributed by atoms with van der Waals surface area (Å²) >= 11 is 1.35. The van der Waals surface area contributed by atoms with Crippen LogP contribution in [0.4, 0.5) is 4.39 Å². The largest absolute Gasteiger partial charge is 0.452 e. The second-order valence-electron chi connectivity index (χ2n) is 6.44. The van der Waals surface area contributed by atoms with E-state index in [1.807, 2.05) is 0 Å². The van der Waals surface area contributed by atoms with Crippen molar-refractivity contribution in [3.8, 4) is 0 Å².